The number of nitrogens with zero attached hydrogens (tertiary/aromatic N) is 5. The predicted octanol–water partition coefficient (Wildman–Crippen LogP) is 0.367. The highest BCUT2D eigenvalue weighted by molar-refractivity contribution is 6.05. The lowest BCUT2D eigenvalue weighted by atomic mass is 10.0. The maximum absolute atomic E-state index is 13.0. The van der Waals surface area contributed by atoms with E-state index >= 15 is 0 Å². The van der Waals surface area contributed by atoms with E-state index in [1.807, 2.05) is 13.2 Å². The van der Waals surface area contributed by atoms with E-state index in [0.717, 1.165) is 63.0 Å². The minimum atomic E-state index is -0.119. The minimum Gasteiger partial charge on any atom is -0.368 e. The Morgan fingerprint density at radius 2 is 1.96 bits per heavy atom. The van der Waals surface area contributed by atoms with Crippen molar-refractivity contribution in [3.05, 3.63) is 12.3 Å². The molecule has 4 heterocycles. The summed E-state index contributed by atoms with van der Waals surface area (Å²) < 4.78 is 0. The van der Waals surface area contributed by atoms with Crippen LogP contribution in [-0.4, -0.2) is 80.7 Å². The van der Waals surface area contributed by atoms with Crippen molar-refractivity contribution in [2.24, 2.45) is 0 Å². The van der Waals surface area contributed by atoms with E-state index in [-0.39, 0.29) is 11.9 Å². The van der Waals surface area contributed by atoms with Gasteiger partial charge in [-0.15, -0.1) is 0 Å². The Morgan fingerprint density at radius 1 is 1.20 bits per heavy atom. The van der Waals surface area contributed by atoms with Crippen LogP contribution in [0.25, 0.3) is 0 Å². The molecule has 1 aromatic rings. The SMILES string of the molecule is CC(C)N1CCN2c3ncc(N4CCNCC4)cc3N(C)C(=O)[C@H]2C1. The van der Waals surface area contributed by atoms with Gasteiger partial charge in [0.15, 0.2) is 5.82 Å². The van der Waals surface area contributed by atoms with Gasteiger partial charge in [0.2, 0.25) is 0 Å². The summed E-state index contributed by atoms with van der Waals surface area (Å²) >= 11 is 0. The fourth-order valence-corrected chi connectivity index (χ4v) is 4.08. The average Bonchev–Trinajstić information content (AvgIpc) is 2.66. The number of fused-ring (bicyclic) bond motifs is 3. The molecule has 0 unspecified atom stereocenters. The summed E-state index contributed by atoms with van der Waals surface area (Å²) in [6, 6.07) is 2.48. The minimum absolute atomic E-state index is 0.119. The van der Waals surface area contributed by atoms with Gasteiger partial charge in [-0.3, -0.25) is 9.69 Å². The molecule has 3 aliphatic heterocycles. The number of likely N-dealkylation sites (N-methyl/N-ethyl adjacent to an activating group) is 1. The van der Waals surface area contributed by atoms with Crippen molar-refractivity contribution < 1.29 is 4.79 Å². The topological polar surface area (TPSA) is 55.0 Å². The number of amides is 1. The van der Waals surface area contributed by atoms with Crippen molar-refractivity contribution >= 4 is 23.1 Å². The van der Waals surface area contributed by atoms with E-state index in [1.165, 1.54) is 0 Å². The van der Waals surface area contributed by atoms with Gasteiger partial charge in [-0.2, -0.15) is 0 Å². The summed E-state index contributed by atoms with van der Waals surface area (Å²) in [5, 5.41) is 3.37. The first-order chi connectivity index (χ1) is 12.1. The number of nitrogens with one attached hydrogen (secondary N) is 1. The number of carbonyl (C=O) groups is 1. The molecule has 0 aromatic carbocycles. The maximum Gasteiger partial charge on any atom is 0.250 e. The van der Waals surface area contributed by atoms with Gasteiger partial charge in [-0.05, 0) is 19.9 Å². The van der Waals surface area contributed by atoms with Crippen molar-refractivity contribution in [2.75, 3.05) is 67.6 Å². The number of hydrogen-bond donors (Lipinski definition) is 1. The Balaban J connectivity index is 1.64. The normalized spacial score (nSPS) is 24.6. The highest BCUT2D eigenvalue weighted by atomic mass is 16.2. The highest BCUT2D eigenvalue weighted by Crippen LogP contribution is 2.37. The number of pyridine rings is 1. The van der Waals surface area contributed by atoms with Crippen molar-refractivity contribution in [3.8, 4) is 0 Å². The Morgan fingerprint density at radius 3 is 2.68 bits per heavy atom. The van der Waals surface area contributed by atoms with Crippen LogP contribution in [0.4, 0.5) is 17.2 Å². The van der Waals surface area contributed by atoms with Gasteiger partial charge in [0.1, 0.15) is 6.04 Å². The summed E-state index contributed by atoms with van der Waals surface area (Å²) in [6.45, 7) is 10.9. The van der Waals surface area contributed by atoms with E-state index in [0.29, 0.717) is 6.04 Å². The number of carbonyl (C=O) groups excluding carboxylic acids is 1. The first-order valence-electron chi connectivity index (χ1n) is 9.30. The molecule has 0 bridgehead atoms. The molecule has 136 valence electrons. The molecule has 0 aliphatic carbocycles. The molecular formula is C18H28N6O. The van der Waals surface area contributed by atoms with Gasteiger partial charge in [0.25, 0.3) is 5.91 Å². The van der Waals surface area contributed by atoms with Gasteiger partial charge in [0.05, 0.1) is 17.6 Å². The second kappa shape index (κ2) is 6.46. The largest absolute Gasteiger partial charge is 0.368 e. The first-order valence-corrected chi connectivity index (χ1v) is 9.30. The zero-order valence-corrected chi connectivity index (χ0v) is 15.4. The molecule has 25 heavy (non-hydrogen) atoms. The van der Waals surface area contributed by atoms with E-state index < -0.39 is 0 Å². The molecule has 3 aliphatic rings. The van der Waals surface area contributed by atoms with Crippen molar-refractivity contribution in [1.82, 2.24) is 15.2 Å². The number of hydrogen-bond acceptors (Lipinski definition) is 6. The van der Waals surface area contributed by atoms with Crippen LogP contribution in [-0.2, 0) is 4.79 Å². The van der Waals surface area contributed by atoms with Crippen LogP contribution in [0.1, 0.15) is 13.8 Å². The molecule has 4 rings (SSSR count). The average molecular weight is 344 g/mol. The van der Waals surface area contributed by atoms with E-state index in [4.69, 9.17) is 4.98 Å². The Bertz CT molecular complexity index is 657. The van der Waals surface area contributed by atoms with Crippen LogP contribution in [0.15, 0.2) is 12.3 Å². The molecule has 1 amide bonds. The van der Waals surface area contributed by atoms with Crippen LogP contribution in [0, 0.1) is 0 Å². The van der Waals surface area contributed by atoms with Gasteiger partial charge < -0.3 is 20.0 Å². The second-order valence-electron chi connectivity index (χ2n) is 7.47. The van der Waals surface area contributed by atoms with E-state index in [1.54, 1.807) is 4.90 Å². The maximum atomic E-state index is 13.0. The second-order valence-corrected chi connectivity index (χ2v) is 7.47. The molecule has 1 aromatic heterocycles. The zero-order chi connectivity index (χ0) is 17.6. The fourth-order valence-electron chi connectivity index (χ4n) is 4.08. The van der Waals surface area contributed by atoms with E-state index in [2.05, 4.69) is 39.9 Å². The Hall–Kier alpha value is -1.86. The van der Waals surface area contributed by atoms with Gasteiger partial charge in [0, 0.05) is 58.9 Å². The summed E-state index contributed by atoms with van der Waals surface area (Å²) in [5.74, 6) is 1.13. The highest BCUT2D eigenvalue weighted by Gasteiger charge is 2.41. The lowest BCUT2D eigenvalue weighted by Gasteiger charge is -2.47. The molecule has 2 fully saturated rings. The molecule has 2 saturated heterocycles. The van der Waals surface area contributed by atoms with Crippen molar-refractivity contribution in [3.63, 3.8) is 0 Å². The number of piperazine rings is 2. The first kappa shape index (κ1) is 16.6. The lowest BCUT2D eigenvalue weighted by molar-refractivity contribution is -0.121. The Kier molecular flexibility index (Phi) is 4.29. The van der Waals surface area contributed by atoms with Gasteiger partial charge in [-0.1, -0.05) is 0 Å². The van der Waals surface area contributed by atoms with Crippen LogP contribution in [0.5, 0.6) is 0 Å². The molecule has 7 nitrogen and oxygen atoms in total. The summed E-state index contributed by atoms with van der Waals surface area (Å²) in [4.78, 5) is 26.5. The summed E-state index contributed by atoms with van der Waals surface area (Å²) in [7, 11) is 1.88. The third-order valence-corrected chi connectivity index (χ3v) is 5.71. The molecular weight excluding hydrogens is 316 g/mol. The smallest absolute Gasteiger partial charge is 0.250 e. The standard InChI is InChI=1S/C18H28N6O/c1-13(2)23-8-9-24-16(12-23)18(25)21(3)15-10-14(11-20-17(15)24)22-6-4-19-5-7-22/h10-11,13,16,19H,4-9,12H2,1-3H3/t16-/m1/s1. The monoisotopic (exact) mass is 344 g/mol. The number of rotatable bonds is 2. The molecule has 0 spiro atoms. The van der Waals surface area contributed by atoms with Crippen molar-refractivity contribution in [1.29, 1.82) is 0 Å². The molecule has 0 saturated carbocycles. The number of aromatic nitrogens is 1. The van der Waals surface area contributed by atoms with Gasteiger partial charge >= 0.3 is 0 Å². The molecule has 7 heteroatoms. The van der Waals surface area contributed by atoms with Crippen molar-refractivity contribution in [2.45, 2.75) is 25.9 Å². The molecule has 1 atom stereocenters. The van der Waals surface area contributed by atoms with Crippen LogP contribution in [0.2, 0.25) is 0 Å². The quantitative estimate of drug-likeness (QED) is 0.836. The van der Waals surface area contributed by atoms with Gasteiger partial charge in [-0.25, -0.2) is 4.98 Å². The van der Waals surface area contributed by atoms with Crippen LogP contribution in [0.3, 0.4) is 0 Å². The van der Waals surface area contributed by atoms with Crippen LogP contribution >= 0.6 is 0 Å². The Labute approximate surface area is 149 Å². The molecule has 0 radical (unpaired) electrons. The molecule has 1 N–H and O–H groups in total. The lowest BCUT2D eigenvalue weighted by Crippen LogP contribution is -2.63. The van der Waals surface area contributed by atoms with E-state index in [9.17, 15) is 4.79 Å². The predicted molar refractivity (Wildman–Crippen MR) is 101 cm³/mol. The zero-order valence-electron chi connectivity index (χ0n) is 15.4. The number of anilines is 3. The summed E-state index contributed by atoms with van der Waals surface area (Å²) in [6.07, 6.45) is 1.97. The summed E-state index contributed by atoms with van der Waals surface area (Å²) in [5.41, 5.74) is 2.05. The van der Waals surface area contributed by atoms with Crippen LogP contribution < -0.4 is 20.0 Å². The third kappa shape index (κ3) is 2.85. The third-order valence-electron chi connectivity index (χ3n) is 5.71. The fraction of sp³-hybridized carbons (Fsp3) is 0.667.